The molecule has 0 aliphatic heterocycles. The second kappa shape index (κ2) is 6.82. The van der Waals surface area contributed by atoms with Gasteiger partial charge in [0.15, 0.2) is 5.16 Å². The number of carbonyl (C=O) groups is 1. The largest absolute Gasteiger partial charge is 0.368 e. The van der Waals surface area contributed by atoms with E-state index in [1.165, 1.54) is 22.9 Å². The second-order valence-corrected chi connectivity index (χ2v) is 6.28. The Morgan fingerprint density at radius 1 is 1.22 bits per heavy atom. The van der Waals surface area contributed by atoms with Gasteiger partial charge in [0, 0.05) is 0 Å². The van der Waals surface area contributed by atoms with Crippen LogP contribution in [0.4, 0.5) is 11.9 Å². The molecule has 2 aromatic rings. The standard InChI is InChI=1S/C15H18N6OS/c16-13-19-14(17)21-15(20-13)23-8-12(22)18-11-7-3-5-9-4-1-2-6-10(9)11/h1-2,4,6,11H,3,5,7-8H2,(H,18,22)(H4,16,17,19,20,21)/t11-/m0/s1. The maximum Gasteiger partial charge on any atom is 0.230 e. The van der Waals surface area contributed by atoms with Gasteiger partial charge in [0.25, 0.3) is 0 Å². The summed E-state index contributed by atoms with van der Waals surface area (Å²) in [5.74, 6) is 0.263. The molecule has 0 spiro atoms. The Hall–Kier alpha value is -2.35. The Labute approximate surface area is 138 Å². The Bertz CT molecular complexity index is 703. The van der Waals surface area contributed by atoms with E-state index in [1.807, 2.05) is 12.1 Å². The molecule has 0 saturated carbocycles. The molecule has 7 nitrogen and oxygen atoms in total. The number of rotatable bonds is 4. The number of benzene rings is 1. The van der Waals surface area contributed by atoms with Crippen LogP contribution in [0.25, 0.3) is 0 Å². The van der Waals surface area contributed by atoms with Gasteiger partial charge >= 0.3 is 0 Å². The van der Waals surface area contributed by atoms with E-state index < -0.39 is 0 Å². The van der Waals surface area contributed by atoms with Crippen molar-refractivity contribution in [1.82, 2.24) is 20.3 Å². The van der Waals surface area contributed by atoms with Gasteiger partial charge in [-0.25, -0.2) is 0 Å². The summed E-state index contributed by atoms with van der Waals surface area (Å²) in [5, 5.41) is 3.44. The zero-order valence-electron chi connectivity index (χ0n) is 12.5. The molecule has 0 bridgehead atoms. The first-order chi connectivity index (χ1) is 11.1. The number of hydrogen-bond donors (Lipinski definition) is 3. The first-order valence-corrected chi connectivity index (χ1v) is 8.37. The van der Waals surface area contributed by atoms with Gasteiger partial charge in [-0.2, -0.15) is 15.0 Å². The fourth-order valence-electron chi connectivity index (χ4n) is 2.72. The number of aromatic nitrogens is 3. The molecule has 1 heterocycles. The molecule has 1 aliphatic carbocycles. The molecule has 0 unspecified atom stereocenters. The summed E-state index contributed by atoms with van der Waals surface area (Å²) in [6, 6.07) is 8.32. The molecule has 120 valence electrons. The van der Waals surface area contributed by atoms with Gasteiger partial charge in [0.1, 0.15) is 0 Å². The van der Waals surface area contributed by atoms with Crippen molar-refractivity contribution in [3.8, 4) is 0 Å². The number of nitrogen functional groups attached to an aromatic ring is 2. The second-order valence-electron chi connectivity index (χ2n) is 5.33. The highest BCUT2D eigenvalue weighted by atomic mass is 32.2. The number of nitrogens with zero attached hydrogens (tertiary/aromatic N) is 3. The van der Waals surface area contributed by atoms with Crippen LogP contribution in [0.1, 0.15) is 30.0 Å². The van der Waals surface area contributed by atoms with Crippen LogP contribution < -0.4 is 16.8 Å². The molecule has 1 aromatic heterocycles. The van der Waals surface area contributed by atoms with Crippen LogP contribution in [0.5, 0.6) is 0 Å². The summed E-state index contributed by atoms with van der Waals surface area (Å²) in [7, 11) is 0. The van der Waals surface area contributed by atoms with Crippen LogP contribution in [-0.4, -0.2) is 26.6 Å². The minimum absolute atomic E-state index is 0.0571. The van der Waals surface area contributed by atoms with Crippen molar-refractivity contribution in [2.45, 2.75) is 30.5 Å². The molecule has 1 atom stereocenters. The Morgan fingerprint density at radius 3 is 2.74 bits per heavy atom. The molecule has 1 aromatic carbocycles. The predicted molar refractivity (Wildman–Crippen MR) is 89.6 cm³/mol. The molecule has 3 rings (SSSR count). The number of anilines is 2. The van der Waals surface area contributed by atoms with Crippen molar-refractivity contribution < 1.29 is 4.79 Å². The third-order valence-corrected chi connectivity index (χ3v) is 4.53. The lowest BCUT2D eigenvalue weighted by molar-refractivity contribution is -0.119. The lowest BCUT2D eigenvalue weighted by Crippen LogP contribution is -2.32. The smallest absolute Gasteiger partial charge is 0.230 e. The Kier molecular flexibility index (Phi) is 4.61. The molecule has 0 saturated heterocycles. The Balaban J connectivity index is 1.60. The summed E-state index contributed by atoms with van der Waals surface area (Å²) in [6.45, 7) is 0. The van der Waals surface area contributed by atoms with Crippen LogP contribution in [0.2, 0.25) is 0 Å². The zero-order chi connectivity index (χ0) is 16.2. The van der Waals surface area contributed by atoms with Crippen molar-refractivity contribution in [2.24, 2.45) is 0 Å². The average molecular weight is 330 g/mol. The summed E-state index contributed by atoms with van der Waals surface area (Å²) >= 11 is 1.19. The van der Waals surface area contributed by atoms with E-state index in [-0.39, 0.29) is 29.6 Å². The monoisotopic (exact) mass is 330 g/mol. The van der Waals surface area contributed by atoms with E-state index in [4.69, 9.17) is 11.5 Å². The van der Waals surface area contributed by atoms with E-state index in [0.29, 0.717) is 5.16 Å². The van der Waals surface area contributed by atoms with Gasteiger partial charge < -0.3 is 16.8 Å². The number of hydrogen-bond acceptors (Lipinski definition) is 7. The van der Waals surface area contributed by atoms with Gasteiger partial charge in [-0.1, -0.05) is 36.0 Å². The summed E-state index contributed by atoms with van der Waals surface area (Å²) < 4.78 is 0. The molecule has 23 heavy (non-hydrogen) atoms. The molecule has 1 amide bonds. The van der Waals surface area contributed by atoms with Gasteiger partial charge in [-0.05, 0) is 30.4 Å². The minimum atomic E-state index is -0.0609. The maximum absolute atomic E-state index is 12.2. The quantitative estimate of drug-likeness (QED) is 0.723. The first-order valence-electron chi connectivity index (χ1n) is 7.39. The molecular formula is C15H18N6OS. The molecule has 0 radical (unpaired) electrons. The highest BCUT2D eigenvalue weighted by molar-refractivity contribution is 7.99. The fraction of sp³-hybridized carbons (Fsp3) is 0.333. The van der Waals surface area contributed by atoms with Gasteiger partial charge in [0.05, 0.1) is 11.8 Å². The SMILES string of the molecule is Nc1nc(N)nc(SCC(=O)N[C@H]2CCCc3ccccc32)n1. The van der Waals surface area contributed by atoms with Gasteiger partial charge in [0.2, 0.25) is 17.8 Å². The van der Waals surface area contributed by atoms with Crippen LogP contribution in [-0.2, 0) is 11.2 Å². The lowest BCUT2D eigenvalue weighted by Gasteiger charge is -2.26. The van der Waals surface area contributed by atoms with Crippen molar-refractivity contribution in [3.63, 3.8) is 0 Å². The average Bonchev–Trinajstić information content (AvgIpc) is 2.52. The normalized spacial score (nSPS) is 16.6. The number of amides is 1. The van der Waals surface area contributed by atoms with Crippen LogP contribution in [0.3, 0.4) is 0 Å². The molecule has 0 fully saturated rings. The summed E-state index contributed by atoms with van der Waals surface area (Å²) in [6.07, 6.45) is 3.11. The Morgan fingerprint density at radius 2 is 1.96 bits per heavy atom. The van der Waals surface area contributed by atoms with E-state index in [0.717, 1.165) is 19.3 Å². The molecule has 8 heteroatoms. The summed E-state index contributed by atoms with van der Waals surface area (Å²) in [5.41, 5.74) is 13.6. The first kappa shape index (κ1) is 15.5. The van der Waals surface area contributed by atoms with E-state index >= 15 is 0 Å². The fourth-order valence-corrected chi connectivity index (χ4v) is 3.38. The van der Waals surface area contributed by atoms with Crippen LogP contribution >= 0.6 is 11.8 Å². The van der Waals surface area contributed by atoms with Crippen LogP contribution in [0.15, 0.2) is 29.4 Å². The number of nitrogens with two attached hydrogens (primary N) is 2. The molecular weight excluding hydrogens is 312 g/mol. The third kappa shape index (κ3) is 3.89. The lowest BCUT2D eigenvalue weighted by atomic mass is 9.88. The van der Waals surface area contributed by atoms with Crippen molar-refractivity contribution >= 4 is 29.6 Å². The number of nitrogens with one attached hydrogen (secondary N) is 1. The number of carbonyl (C=O) groups excluding carboxylic acids is 1. The van der Waals surface area contributed by atoms with Crippen LogP contribution in [0, 0.1) is 0 Å². The third-order valence-electron chi connectivity index (χ3n) is 3.69. The van der Waals surface area contributed by atoms with Crippen molar-refractivity contribution in [1.29, 1.82) is 0 Å². The van der Waals surface area contributed by atoms with E-state index in [9.17, 15) is 4.79 Å². The molecule has 5 N–H and O–H groups in total. The summed E-state index contributed by atoms with van der Waals surface area (Å²) in [4.78, 5) is 23.8. The van der Waals surface area contributed by atoms with Crippen molar-refractivity contribution in [3.05, 3.63) is 35.4 Å². The topological polar surface area (TPSA) is 120 Å². The van der Waals surface area contributed by atoms with E-state index in [1.54, 1.807) is 0 Å². The van der Waals surface area contributed by atoms with Crippen molar-refractivity contribution in [2.75, 3.05) is 17.2 Å². The number of aryl methyl sites for hydroxylation is 1. The number of fused-ring (bicyclic) bond motifs is 1. The van der Waals surface area contributed by atoms with Gasteiger partial charge in [-0.15, -0.1) is 0 Å². The number of thioether (sulfide) groups is 1. The van der Waals surface area contributed by atoms with E-state index in [2.05, 4.69) is 32.4 Å². The highest BCUT2D eigenvalue weighted by Crippen LogP contribution is 2.29. The van der Waals surface area contributed by atoms with Gasteiger partial charge in [-0.3, -0.25) is 4.79 Å². The zero-order valence-corrected chi connectivity index (χ0v) is 13.3. The predicted octanol–water partition coefficient (Wildman–Crippen LogP) is 1.32. The molecule has 1 aliphatic rings. The maximum atomic E-state index is 12.2. The minimum Gasteiger partial charge on any atom is -0.368 e. The highest BCUT2D eigenvalue weighted by Gasteiger charge is 2.21.